The van der Waals surface area contributed by atoms with E-state index in [-0.39, 0.29) is 12.2 Å². The van der Waals surface area contributed by atoms with Crippen molar-refractivity contribution in [2.75, 3.05) is 6.26 Å². The van der Waals surface area contributed by atoms with Gasteiger partial charge in [-0.2, -0.15) is 8.42 Å². The second-order valence-corrected chi connectivity index (χ2v) is 6.55. The van der Waals surface area contributed by atoms with Gasteiger partial charge >= 0.3 is 0 Å². The van der Waals surface area contributed by atoms with Crippen molar-refractivity contribution in [3.63, 3.8) is 0 Å². The van der Waals surface area contributed by atoms with Crippen molar-refractivity contribution in [1.29, 1.82) is 0 Å². The summed E-state index contributed by atoms with van der Waals surface area (Å²) >= 11 is 0. The first-order chi connectivity index (χ1) is 9.78. The molecule has 1 rings (SSSR count). The van der Waals surface area contributed by atoms with Gasteiger partial charge in [0.25, 0.3) is 10.1 Å². The fourth-order valence-electron chi connectivity index (χ4n) is 1.61. The van der Waals surface area contributed by atoms with Gasteiger partial charge in [0.15, 0.2) is 5.78 Å². The minimum atomic E-state index is -3.68. The molecule has 5 heteroatoms. The lowest BCUT2D eigenvalue weighted by Gasteiger charge is -2.11. The van der Waals surface area contributed by atoms with Gasteiger partial charge in [0, 0.05) is 6.42 Å². The zero-order chi connectivity index (χ0) is 15.9. The summed E-state index contributed by atoms with van der Waals surface area (Å²) in [7, 11) is -3.68. The van der Waals surface area contributed by atoms with Gasteiger partial charge in [-0.1, -0.05) is 48.1 Å². The fraction of sp³-hybridized carbons (Fsp3) is 0.312. The Morgan fingerprint density at radius 3 is 2.38 bits per heavy atom. The summed E-state index contributed by atoms with van der Waals surface area (Å²) in [5, 5.41) is 0. The van der Waals surface area contributed by atoms with Crippen LogP contribution in [0.5, 0.6) is 0 Å². The number of hydrogen-bond acceptors (Lipinski definition) is 4. The SMILES string of the molecule is CC(C)=CCC(OS(C)(=O)=O)C(=O)/C=C/c1ccccc1. The third-order valence-electron chi connectivity index (χ3n) is 2.59. The lowest BCUT2D eigenvalue weighted by Crippen LogP contribution is -2.25. The number of ketones is 1. The normalized spacial score (nSPS) is 13.1. The highest BCUT2D eigenvalue weighted by molar-refractivity contribution is 7.86. The quantitative estimate of drug-likeness (QED) is 0.441. The number of carbonyl (C=O) groups is 1. The lowest BCUT2D eigenvalue weighted by atomic mass is 10.1. The maximum atomic E-state index is 12.1. The highest BCUT2D eigenvalue weighted by atomic mass is 32.2. The van der Waals surface area contributed by atoms with Gasteiger partial charge < -0.3 is 0 Å². The van der Waals surface area contributed by atoms with Gasteiger partial charge in [-0.25, -0.2) is 0 Å². The molecule has 0 heterocycles. The minimum absolute atomic E-state index is 0.230. The van der Waals surface area contributed by atoms with E-state index < -0.39 is 16.2 Å². The monoisotopic (exact) mass is 308 g/mol. The summed E-state index contributed by atoms with van der Waals surface area (Å²) in [6, 6.07) is 9.30. The number of benzene rings is 1. The van der Waals surface area contributed by atoms with E-state index in [9.17, 15) is 13.2 Å². The molecule has 1 atom stereocenters. The van der Waals surface area contributed by atoms with Crippen molar-refractivity contribution in [3.05, 3.63) is 53.6 Å². The zero-order valence-electron chi connectivity index (χ0n) is 12.4. The van der Waals surface area contributed by atoms with Crippen LogP contribution in [0.15, 0.2) is 48.1 Å². The lowest BCUT2D eigenvalue weighted by molar-refractivity contribution is -0.120. The summed E-state index contributed by atoms with van der Waals surface area (Å²) in [5.74, 6) is -0.373. The molecule has 0 radical (unpaired) electrons. The van der Waals surface area contributed by atoms with Crippen LogP contribution in [-0.4, -0.2) is 26.6 Å². The van der Waals surface area contributed by atoms with Crippen molar-refractivity contribution in [2.24, 2.45) is 0 Å². The third-order valence-corrected chi connectivity index (χ3v) is 3.17. The first-order valence-corrected chi connectivity index (χ1v) is 8.38. The second-order valence-electron chi connectivity index (χ2n) is 4.95. The molecular weight excluding hydrogens is 288 g/mol. The fourth-order valence-corrected chi connectivity index (χ4v) is 2.20. The molecule has 0 aliphatic rings. The van der Waals surface area contributed by atoms with Crippen molar-refractivity contribution < 1.29 is 17.4 Å². The topological polar surface area (TPSA) is 60.4 Å². The largest absolute Gasteiger partial charge is 0.292 e. The van der Waals surface area contributed by atoms with E-state index in [4.69, 9.17) is 4.18 Å². The molecule has 0 saturated carbocycles. The third kappa shape index (κ3) is 7.58. The molecule has 4 nitrogen and oxygen atoms in total. The molecule has 0 amide bonds. The summed E-state index contributed by atoms with van der Waals surface area (Å²) in [6.07, 6.45) is 4.93. The van der Waals surface area contributed by atoms with Crippen molar-refractivity contribution >= 4 is 22.0 Å². The van der Waals surface area contributed by atoms with E-state index in [1.54, 1.807) is 12.2 Å². The molecule has 1 aromatic rings. The van der Waals surface area contributed by atoms with Gasteiger partial charge in [0.1, 0.15) is 6.10 Å². The van der Waals surface area contributed by atoms with E-state index >= 15 is 0 Å². The average Bonchev–Trinajstić information content (AvgIpc) is 2.40. The highest BCUT2D eigenvalue weighted by Gasteiger charge is 2.20. The summed E-state index contributed by atoms with van der Waals surface area (Å²) in [5.41, 5.74) is 1.86. The van der Waals surface area contributed by atoms with Crippen LogP contribution in [0.2, 0.25) is 0 Å². The van der Waals surface area contributed by atoms with Gasteiger partial charge in [-0.05, 0) is 25.5 Å². The molecule has 114 valence electrons. The number of carbonyl (C=O) groups excluding carboxylic acids is 1. The molecule has 0 bridgehead atoms. The van der Waals surface area contributed by atoms with Crippen LogP contribution in [-0.2, 0) is 19.1 Å². The molecule has 0 N–H and O–H groups in total. The van der Waals surface area contributed by atoms with E-state index in [1.807, 2.05) is 44.2 Å². The maximum absolute atomic E-state index is 12.1. The smallest absolute Gasteiger partial charge is 0.265 e. The minimum Gasteiger partial charge on any atom is -0.292 e. The molecule has 1 unspecified atom stereocenters. The van der Waals surface area contributed by atoms with Crippen LogP contribution in [0.25, 0.3) is 6.08 Å². The zero-order valence-corrected chi connectivity index (χ0v) is 13.3. The Balaban J connectivity index is 2.84. The first-order valence-electron chi connectivity index (χ1n) is 6.56. The van der Waals surface area contributed by atoms with Crippen molar-refractivity contribution in [1.82, 2.24) is 0 Å². The number of hydrogen-bond donors (Lipinski definition) is 0. The van der Waals surface area contributed by atoms with E-state index in [0.29, 0.717) is 0 Å². The Labute approximate surface area is 126 Å². The predicted octanol–water partition coefficient (Wildman–Crippen LogP) is 2.97. The van der Waals surface area contributed by atoms with Crippen molar-refractivity contribution in [2.45, 2.75) is 26.4 Å². The predicted molar refractivity (Wildman–Crippen MR) is 84.2 cm³/mol. The Kier molecular flexibility index (Phi) is 6.52. The van der Waals surface area contributed by atoms with E-state index in [0.717, 1.165) is 17.4 Å². The second kappa shape index (κ2) is 7.90. The molecule has 21 heavy (non-hydrogen) atoms. The Morgan fingerprint density at radius 1 is 1.24 bits per heavy atom. The van der Waals surface area contributed by atoms with Crippen LogP contribution < -0.4 is 0 Å². The highest BCUT2D eigenvalue weighted by Crippen LogP contribution is 2.10. The van der Waals surface area contributed by atoms with Crippen LogP contribution in [0, 0.1) is 0 Å². The molecule has 0 aromatic heterocycles. The Hall–Kier alpha value is -1.72. The number of allylic oxidation sites excluding steroid dienone is 1. The molecule has 1 aromatic carbocycles. The molecular formula is C16H20O4S. The molecule has 0 spiro atoms. The van der Waals surface area contributed by atoms with Gasteiger partial charge in [-0.3, -0.25) is 8.98 Å². The van der Waals surface area contributed by atoms with Gasteiger partial charge in [0.2, 0.25) is 0 Å². The number of rotatable bonds is 7. The maximum Gasteiger partial charge on any atom is 0.265 e. The van der Waals surface area contributed by atoms with E-state index in [2.05, 4.69) is 0 Å². The van der Waals surface area contributed by atoms with E-state index in [1.165, 1.54) is 6.08 Å². The van der Waals surface area contributed by atoms with Crippen LogP contribution in [0.1, 0.15) is 25.8 Å². The van der Waals surface area contributed by atoms with Crippen molar-refractivity contribution in [3.8, 4) is 0 Å². The Morgan fingerprint density at radius 2 is 1.86 bits per heavy atom. The molecule has 0 aliphatic heterocycles. The standard InChI is InChI=1S/C16H20O4S/c1-13(2)9-12-16(20-21(3,18)19)15(17)11-10-14-7-5-4-6-8-14/h4-11,16H,12H2,1-3H3/b11-10+. The summed E-state index contributed by atoms with van der Waals surface area (Å²) in [6.45, 7) is 3.75. The van der Waals surface area contributed by atoms with Crippen LogP contribution in [0.4, 0.5) is 0 Å². The average molecular weight is 308 g/mol. The Bertz CT molecular complexity index is 624. The van der Waals surface area contributed by atoms with Gasteiger partial charge in [0.05, 0.1) is 6.26 Å². The molecule has 0 saturated heterocycles. The molecule has 0 fully saturated rings. The summed E-state index contributed by atoms with van der Waals surface area (Å²) in [4.78, 5) is 12.1. The molecule has 0 aliphatic carbocycles. The van der Waals surface area contributed by atoms with Crippen LogP contribution in [0.3, 0.4) is 0 Å². The van der Waals surface area contributed by atoms with Gasteiger partial charge in [-0.15, -0.1) is 0 Å². The summed E-state index contributed by atoms with van der Waals surface area (Å²) < 4.78 is 27.4. The van der Waals surface area contributed by atoms with Crippen LogP contribution >= 0.6 is 0 Å². The first kappa shape index (κ1) is 17.3.